The topological polar surface area (TPSA) is 67.4 Å². The van der Waals surface area contributed by atoms with Crippen LogP contribution in [-0.2, 0) is 17.8 Å². The molecule has 0 aliphatic carbocycles. The Bertz CT molecular complexity index is 937. The lowest BCUT2D eigenvalue weighted by Crippen LogP contribution is -2.45. The Labute approximate surface area is 182 Å². The second-order valence-corrected chi connectivity index (χ2v) is 7.66. The van der Waals surface area contributed by atoms with Crippen LogP contribution in [0, 0.1) is 5.82 Å². The van der Waals surface area contributed by atoms with Gasteiger partial charge in [0.05, 0.1) is 19.4 Å². The van der Waals surface area contributed by atoms with Crippen LogP contribution >= 0.6 is 0 Å². The van der Waals surface area contributed by atoms with Gasteiger partial charge in [-0.3, -0.25) is 4.99 Å². The molecule has 7 nitrogen and oxygen atoms in total. The van der Waals surface area contributed by atoms with Crippen molar-refractivity contribution in [2.24, 2.45) is 4.99 Å². The van der Waals surface area contributed by atoms with E-state index in [1.807, 2.05) is 18.2 Å². The summed E-state index contributed by atoms with van der Waals surface area (Å²) in [4.78, 5) is 6.67. The average molecular weight is 429 g/mol. The lowest BCUT2D eigenvalue weighted by molar-refractivity contribution is -0.0172. The van der Waals surface area contributed by atoms with Gasteiger partial charge in [0.1, 0.15) is 17.3 Å². The molecule has 2 aliphatic rings. The summed E-state index contributed by atoms with van der Waals surface area (Å²) in [7, 11) is 3.46. The summed E-state index contributed by atoms with van der Waals surface area (Å²) in [6.45, 7) is 3.01. The Morgan fingerprint density at radius 1 is 1.32 bits per heavy atom. The molecular formula is C23H29FN4O3. The highest BCUT2D eigenvalue weighted by Crippen LogP contribution is 2.31. The van der Waals surface area contributed by atoms with E-state index >= 15 is 0 Å². The fourth-order valence-electron chi connectivity index (χ4n) is 4.13. The van der Waals surface area contributed by atoms with Gasteiger partial charge < -0.3 is 29.7 Å². The van der Waals surface area contributed by atoms with E-state index in [1.54, 1.807) is 14.2 Å². The number of fused-ring (bicyclic) bond motifs is 1. The maximum absolute atomic E-state index is 13.9. The smallest absolute Gasteiger partial charge is 0.191 e. The van der Waals surface area contributed by atoms with E-state index < -0.39 is 0 Å². The van der Waals surface area contributed by atoms with E-state index in [4.69, 9.17) is 14.2 Å². The molecule has 2 aromatic carbocycles. The highest BCUT2D eigenvalue weighted by molar-refractivity contribution is 5.80. The zero-order chi connectivity index (χ0) is 21.6. The highest BCUT2D eigenvalue weighted by atomic mass is 19.1. The van der Waals surface area contributed by atoms with Gasteiger partial charge in [-0.05, 0) is 42.7 Å². The first-order valence-corrected chi connectivity index (χ1v) is 10.5. The Balaban J connectivity index is 1.31. The van der Waals surface area contributed by atoms with Gasteiger partial charge in [0.15, 0.2) is 12.8 Å². The first-order chi connectivity index (χ1) is 15.2. The molecule has 0 spiro atoms. The average Bonchev–Trinajstić information content (AvgIpc) is 3.26. The fourth-order valence-corrected chi connectivity index (χ4v) is 4.13. The number of rotatable bonds is 6. The number of hydrogen-bond donors (Lipinski definition) is 2. The van der Waals surface area contributed by atoms with Crippen molar-refractivity contribution in [3.05, 3.63) is 53.3 Å². The molecule has 8 heteroatoms. The lowest BCUT2D eigenvalue weighted by atomic mass is 10.1. The molecule has 2 aliphatic heterocycles. The van der Waals surface area contributed by atoms with E-state index in [9.17, 15) is 4.39 Å². The number of halogens is 1. The van der Waals surface area contributed by atoms with Crippen LogP contribution in [0.1, 0.15) is 17.5 Å². The number of nitrogens with one attached hydrogen (secondary N) is 2. The van der Waals surface area contributed by atoms with Crippen LogP contribution in [0.3, 0.4) is 0 Å². The van der Waals surface area contributed by atoms with Crippen LogP contribution in [0.4, 0.5) is 10.1 Å². The highest BCUT2D eigenvalue weighted by Gasteiger charge is 2.25. The van der Waals surface area contributed by atoms with E-state index in [-0.39, 0.29) is 18.7 Å². The van der Waals surface area contributed by atoms with Crippen molar-refractivity contribution < 1.29 is 18.6 Å². The largest absolute Gasteiger partial charge is 0.495 e. The van der Waals surface area contributed by atoms with E-state index in [1.165, 1.54) is 12.1 Å². The van der Waals surface area contributed by atoms with Crippen LogP contribution in [-0.4, -0.2) is 52.6 Å². The van der Waals surface area contributed by atoms with Crippen LogP contribution < -0.4 is 25.0 Å². The fraction of sp³-hybridized carbons (Fsp3) is 0.435. The van der Waals surface area contributed by atoms with E-state index in [2.05, 4.69) is 26.6 Å². The Morgan fingerprint density at radius 2 is 2.19 bits per heavy atom. The predicted octanol–water partition coefficient (Wildman–Crippen LogP) is 2.69. The lowest BCUT2D eigenvalue weighted by Gasteiger charge is -2.22. The quantitative estimate of drug-likeness (QED) is 0.545. The molecule has 0 bridgehead atoms. The number of ether oxygens (including phenoxy) is 3. The molecule has 1 saturated heterocycles. The van der Waals surface area contributed by atoms with Crippen molar-refractivity contribution in [3.8, 4) is 11.5 Å². The van der Waals surface area contributed by atoms with Gasteiger partial charge in [-0.1, -0.05) is 12.1 Å². The number of nitrogens with zero attached hydrogens (tertiary/aromatic N) is 2. The van der Waals surface area contributed by atoms with Crippen molar-refractivity contribution in [1.29, 1.82) is 0 Å². The Hall–Kier alpha value is -3.00. The van der Waals surface area contributed by atoms with Crippen LogP contribution in [0.25, 0.3) is 0 Å². The Morgan fingerprint density at radius 3 is 3.03 bits per heavy atom. The van der Waals surface area contributed by atoms with Crippen molar-refractivity contribution in [2.75, 3.05) is 45.5 Å². The molecule has 0 amide bonds. The molecule has 2 N–H and O–H groups in total. The molecule has 4 rings (SSSR count). The zero-order valence-corrected chi connectivity index (χ0v) is 18.0. The van der Waals surface area contributed by atoms with Gasteiger partial charge in [-0.15, -0.1) is 0 Å². The van der Waals surface area contributed by atoms with Crippen LogP contribution in [0.2, 0.25) is 0 Å². The molecule has 0 saturated carbocycles. The molecule has 1 atom stereocenters. The predicted molar refractivity (Wildman–Crippen MR) is 118 cm³/mol. The number of guanidine groups is 1. The number of aliphatic imine (C=N–C) groups is 1. The van der Waals surface area contributed by atoms with Crippen LogP contribution in [0.5, 0.6) is 11.5 Å². The summed E-state index contributed by atoms with van der Waals surface area (Å²) in [5.41, 5.74) is 2.70. The molecule has 31 heavy (non-hydrogen) atoms. The Kier molecular flexibility index (Phi) is 6.76. The van der Waals surface area contributed by atoms with Crippen molar-refractivity contribution in [2.45, 2.75) is 25.5 Å². The van der Waals surface area contributed by atoms with Crippen molar-refractivity contribution in [1.82, 2.24) is 10.6 Å². The van der Waals surface area contributed by atoms with Gasteiger partial charge in [-0.2, -0.15) is 0 Å². The molecule has 1 unspecified atom stereocenters. The van der Waals surface area contributed by atoms with Crippen molar-refractivity contribution in [3.63, 3.8) is 0 Å². The van der Waals surface area contributed by atoms with Gasteiger partial charge in [0, 0.05) is 38.3 Å². The monoisotopic (exact) mass is 428 g/mol. The third-order valence-electron chi connectivity index (χ3n) is 5.62. The standard InChI is InChI=1S/C23H29FN4O3/c1-25-23(26-9-7-16-11-18(24)12-17-14-30-15-31-22(16)17)27-19-8-10-28(13-19)20-5-3-4-6-21(20)29-2/h3-6,11-12,19H,7-10,13-15H2,1-2H3,(H2,25,26,27). The normalized spacial score (nSPS) is 18.4. The number of benzene rings is 2. The summed E-state index contributed by atoms with van der Waals surface area (Å²) in [6.07, 6.45) is 1.63. The second-order valence-electron chi connectivity index (χ2n) is 7.66. The summed E-state index contributed by atoms with van der Waals surface area (Å²) >= 11 is 0. The van der Waals surface area contributed by atoms with Gasteiger partial charge in [0.2, 0.25) is 0 Å². The van der Waals surface area contributed by atoms with Crippen LogP contribution in [0.15, 0.2) is 41.4 Å². The minimum absolute atomic E-state index is 0.201. The van der Waals surface area contributed by atoms with Gasteiger partial charge in [0.25, 0.3) is 0 Å². The number of hydrogen-bond acceptors (Lipinski definition) is 5. The number of methoxy groups -OCH3 is 1. The minimum Gasteiger partial charge on any atom is -0.495 e. The van der Waals surface area contributed by atoms with E-state index in [0.29, 0.717) is 19.6 Å². The summed E-state index contributed by atoms with van der Waals surface area (Å²) in [5.74, 6) is 2.09. The third kappa shape index (κ3) is 5.02. The van der Waals surface area contributed by atoms with Gasteiger partial charge >= 0.3 is 0 Å². The maximum Gasteiger partial charge on any atom is 0.191 e. The molecule has 2 aromatic rings. The third-order valence-corrected chi connectivity index (χ3v) is 5.62. The first kappa shape index (κ1) is 21.2. The summed E-state index contributed by atoms with van der Waals surface area (Å²) in [6, 6.07) is 11.4. The number of anilines is 1. The number of para-hydroxylation sites is 2. The molecule has 166 valence electrons. The molecule has 0 aromatic heterocycles. The summed E-state index contributed by atoms with van der Waals surface area (Å²) < 4.78 is 30.3. The molecular weight excluding hydrogens is 399 g/mol. The second kappa shape index (κ2) is 9.87. The van der Waals surface area contributed by atoms with Gasteiger partial charge in [-0.25, -0.2) is 4.39 Å². The van der Waals surface area contributed by atoms with Crippen molar-refractivity contribution >= 4 is 11.6 Å². The molecule has 2 heterocycles. The minimum atomic E-state index is -0.271. The molecule has 1 fully saturated rings. The SMILES string of the molecule is CN=C(NCCc1cc(F)cc2c1OCOC2)NC1CCN(c2ccccc2OC)C1. The first-order valence-electron chi connectivity index (χ1n) is 10.5. The maximum atomic E-state index is 13.9. The molecule has 0 radical (unpaired) electrons. The van der Waals surface area contributed by atoms with E-state index in [0.717, 1.165) is 53.8 Å². The summed E-state index contributed by atoms with van der Waals surface area (Å²) in [5, 5.41) is 6.83. The zero-order valence-electron chi connectivity index (χ0n) is 18.0.